The number of aromatic nitrogens is 1. The minimum absolute atomic E-state index is 0.0219. The summed E-state index contributed by atoms with van der Waals surface area (Å²) < 4.78 is 33.6. The molecule has 0 radical (unpaired) electrons. The lowest BCUT2D eigenvalue weighted by atomic mass is 10.1. The van der Waals surface area contributed by atoms with Crippen molar-refractivity contribution in [2.24, 2.45) is 0 Å². The molecule has 2 rings (SSSR count). The molecule has 1 heterocycles. The van der Waals surface area contributed by atoms with E-state index in [1.54, 1.807) is 24.4 Å². The minimum atomic E-state index is -2.81. The van der Waals surface area contributed by atoms with Crippen LogP contribution in [-0.2, 0) is 6.54 Å². The number of hydrogen-bond donors (Lipinski definition) is 1. The molecule has 0 saturated heterocycles. The minimum Gasteiger partial charge on any atom is -0.435 e. The number of benzene rings is 1. The largest absolute Gasteiger partial charge is 0.435 e. The Morgan fingerprint density at radius 2 is 2.21 bits per heavy atom. The first-order valence-electron chi connectivity index (χ1n) is 5.83. The van der Waals surface area contributed by atoms with Gasteiger partial charge in [-0.1, -0.05) is 17.3 Å². The summed E-state index contributed by atoms with van der Waals surface area (Å²) in [4.78, 5) is 0. The van der Waals surface area contributed by atoms with Crippen LogP contribution in [-0.4, -0.2) is 11.8 Å². The lowest BCUT2D eigenvalue weighted by Crippen LogP contribution is -2.17. The predicted octanol–water partition coefficient (Wildman–Crippen LogP) is 3.13. The van der Waals surface area contributed by atoms with E-state index in [0.29, 0.717) is 12.3 Å². The fourth-order valence-corrected chi connectivity index (χ4v) is 1.66. The average Bonchev–Trinajstić information content (AvgIpc) is 2.88. The van der Waals surface area contributed by atoms with Crippen LogP contribution in [0.5, 0.6) is 5.75 Å². The van der Waals surface area contributed by atoms with Crippen LogP contribution in [0.15, 0.2) is 41.1 Å². The molecule has 2 aromatic rings. The van der Waals surface area contributed by atoms with Gasteiger partial charge in [-0.25, -0.2) is 0 Å². The van der Waals surface area contributed by atoms with Gasteiger partial charge in [-0.05, 0) is 24.6 Å². The molecule has 102 valence electrons. The van der Waals surface area contributed by atoms with Crippen LogP contribution in [0.2, 0.25) is 0 Å². The summed E-state index contributed by atoms with van der Waals surface area (Å²) in [5.41, 5.74) is 0.859. The van der Waals surface area contributed by atoms with Crippen molar-refractivity contribution in [3.05, 3.63) is 47.9 Å². The Morgan fingerprint density at radius 3 is 2.89 bits per heavy atom. The van der Waals surface area contributed by atoms with Gasteiger partial charge in [0.2, 0.25) is 0 Å². The number of alkyl halides is 2. The van der Waals surface area contributed by atoms with Gasteiger partial charge >= 0.3 is 6.61 Å². The van der Waals surface area contributed by atoms with E-state index in [1.807, 2.05) is 13.0 Å². The summed E-state index contributed by atoms with van der Waals surface area (Å²) in [6.07, 6.45) is 1.57. The molecule has 6 heteroatoms. The summed E-state index contributed by atoms with van der Waals surface area (Å²) in [5, 5.41) is 6.81. The Bertz CT molecular complexity index is 503. The lowest BCUT2D eigenvalue weighted by molar-refractivity contribution is -0.0499. The van der Waals surface area contributed by atoms with Crippen molar-refractivity contribution in [3.63, 3.8) is 0 Å². The molecule has 1 aromatic carbocycles. The molecule has 0 amide bonds. The third-order valence-corrected chi connectivity index (χ3v) is 2.66. The molecule has 4 nitrogen and oxygen atoms in total. The Labute approximate surface area is 109 Å². The van der Waals surface area contributed by atoms with Crippen molar-refractivity contribution in [2.75, 3.05) is 0 Å². The molecule has 1 N–H and O–H groups in total. The van der Waals surface area contributed by atoms with E-state index in [-0.39, 0.29) is 11.8 Å². The Morgan fingerprint density at radius 1 is 1.37 bits per heavy atom. The van der Waals surface area contributed by atoms with E-state index in [2.05, 4.69) is 15.2 Å². The number of ether oxygens (including phenoxy) is 1. The van der Waals surface area contributed by atoms with Crippen LogP contribution in [0.4, 0.5) is 8.78 Å². The molecule has 0 aliphatic rings. The highest BCUT2D eigenvalue weighted by Gasteiger charge is 2.09. The lowest BCUT2D eigenvalue weighted by Gasteiger charge is -2.14. The molecular weight excluding hydrogens is 254 g/mol. The van der Waals surface area contributed by atoms with Gasteiger partial charge in [0.15, 0.2) is 0 Å². The van der Waals surface area contributed by atoms with Gasteiger partial charge in [0.1, 0.15) is 11.5 Å². The SMILES string of the molecule is CC(NCc1ccno1)c1cccc(OC(F)F)c1. The zero-order valence-corrected chi connectivity index (χ0v) is 10.3. The van der Waals surface area contributed by atoms with E-state index in [0.717, 1.165) is 5.56 Å². The summed E-state index contributed by atoms with van der Waals surface area (Å²) >= 11 is 0. The molecular formula is C13H14F2N2O2. The van der Waals surface area contributed by atoms with Crippen LogP contribution in [0.1, 0.15) is 24.3 Å². The molecule has 0 fully saturated rings. The van der Waals surface area contributed by atoms with Crippen molar-refractivity contribution in [3.8, 4) is 5.75 Å². The predicted molar refractivity (Wildman–Crippen MR) is 64.8 cm³/mol. The van der Waals surface area contributed by atoms with Gasteiger partial charge in [0.05, 0.1) is 12.7 Å². The van der Waals surface area contributed by atoms with E-state index in [9.17, 15) is 8.78 Å². The van der Waals surface area contributed by atoms with Crippen molar-refractivity contribution < 1.29 is 18.0 Å². The van der Waals surface area contributed by atoms with E-state index < -0.39 is 6.61 Å². The number of nitrogens with zero attached hydrogens (tertiary/aromatic N) is 1. The topological polar surface area (TPSA) is 47.3 Å². The van der Waals surface area contributed by atoms with Gasteiger partial charge in [0, 0.05) is 12.1 Å². The molecule has 0 saturated carbocycles. The average molecular weight is 268 g/mol. The highest BCUT2D eigenvalue weighted by atomic mass is 19.3. The van der Waals surface area contributed by atoms with E-state index >= 15 is 0 Å². The zero-order valence-electron chi connectivity index (χ0n) is 10.3. The summed E-state index contributed by atoms with van der Waals surface area (Å²) in [5.74, 6) is 0.868. The van der Waals surface area contributed by atoms with Crippen LogP contribution >= 0.6 is 0 Å². The fourth-order valence-electron chi connectivity index (χ4n) is 1.66. The monoisotopic (exact) mass is 268 g/mol. The molecule has 0 aliphatic carbocycles. The number of halogens is 2. The third-order valence-electron chi connectivity index (χ3n) is 2.66. The van der Waals surface area contributed by atoms with Gasteiger partial charge in [-0.3, -0.25) is 0 Å². The molecule has 1 unspecified atom stereocenters. The highest BCUT2D eigenvalue weighted by molar-refractivity contribution is 5.30. The van der Waals surface area contributed by atoms with Gasteiger partial charge in [0.25, 0.3) is 0 Å². The second-order valence-corrected chi connectivity index (χ2v) is 4.03. The van der Waals surface area contributed by atoms with Gasteiger partial charge in [-0.2, -0.15) is 8.78 Å². The molecule has 0 aliphatic heterocycles. The molecule has 1 atom stereocenters. The van der Waals surface area contributed by atoms with E-state index in [1.165, 1.54) is 6.07 Å². The van der Waals surface area contributed by atoms with Crippen molar-refractivity contribution >= 4 is 0 Å². The smallest absolute Gasteiger partial charge is 0.387 e. The van der Waals surface area contributed by atoms with Crippen molar-refractivity contribution in [1.82, 2.24) is 10.5 Å². The molecule has 19 heavy (non-hydrogen) atoms. The first kappa shape index (κ1) is 13.5. The van der Waals surface area contributed by atoms with Gasteiger partial charge in [-0.15, -0.1) is 0 Å². The van der Waals surface area contributed by atoms with Crippen LogP contribution in [0, 0.1) is 0 Å². The first-order valence-corrected chi connectivity index (χ1v) is 5.83. The maximum atomic E-state index is 12.1. The standard InChI is InChI=1S/C13H14F2N2O2/c1-9(16-8-12-5-6-17-19-12)10-3-2-4-11(7-10)18-13(14)15/h2-7,9,13,16H,8H2,1H3. The Balaban J connectivity index is 1.96. The zero-order chi connectivity index (χ0) is 13.7. The van der Waals surface area contributed by atoms with Gasteiger partial charge < -0.3 is 14.6 Å². The number of rotatable bonds is 6. The summed E-state index contributed by atoms with van der Waals surface area (Å²) in [6.45, 7) is -0.369. The van der Waals surface area contributed by atoms with Crippen LogP contribution in [0.25, 0.3) is 0 Å². The summed E-state index contributed by atoms with van der Waals surface area (Å²) in [6, 6.07) is 8.35. The van der Waals surface area contributed by atoms with E-state index in [4.69, 9.17) is 4.52 Å². The van der Waals surface area contributed by atoms with Crippen molar-refractivity contribution in [1.29, 1.82) is 0 Å². The maximum Gasteiger partial charge on any atom is 0.387 e. The quantitative estimate of drug-likeness (QED) is 0.874. The van der Waals surface area contributed by atoms with Crippen LogP contribution < -0.4 is 10.1 Å². The first-order chi connectivity index (χ1) is 9.15. The van der Waals surface area contributed by atoms with Crippen LogP contribution in [0.3, 0.4) is 0 Å². The Kier molecular flexibility index (Phi) is 4.46. The fraction of sp³-hybridized carbons (Fsp3) is 0.308. The summed E-state index contributed by atoms with van der Waals surface area (Å²) in [7, 11) is 0. The Hall–Kier alpha value is -1.95. The highest BCUT2D eigenvalue weighted by Crippen LogP contribution is 2.20. The number of hydrogen-bond acceptors (Lipinski definition) is 4. The molecule has 0 bridgehead atoms. The van der Waals surface area contributed by atoms with Crippen molar-refractivity contribution in [2.45, 2.75) is 26.1 Å². The molecule has 0 spiro atoms. The second kappa shape index (κ2) is 6.29. The second-order valence-electron chi connectivity index (χ2n) is 4.03. The number of nitrogens with one attached hydrogen (secondary N) is 1. The molecule has 1 aromatic heterocycles. The normalized spacial score (nSPS) is 12.6. The maximum absolute atomic E-state index is 12.1. The third kappa shape index (κ3) is 4.03.